The summed E-state index contributed by atoms with van der Waals surface area (Å²) >= 11 is 0. The Kier molecular flexibility index (Phi) is 5.74. The maximum Gasteiger partial charge on any atom is 0.416 e. The monoisotopic (exact) mass is 368 g/mol. The zero-order chi connectivity index (χ0) is 19.5. The minimum Gasteiger partial charge on any atom is -0.503 e. The van der Waals surface area contributed by atoms with Gasteiger partial charge in [0.15, 0.2) is 5.75 Å². The molecule has 0 saturated heterocycles. The van der Waals surface area contributed by atoms with Crippen molar-refractivity contribution in [2.45, 2.75) is 39.5 Å². The number of amides is 1. The number of carbonyl (C=O) groups excluding carboxylic acids is 1. The van der Waals surface area contributed by atoms with Gasteiger partial charge in [-0.1, -0.05) is 6.92 Å². The van der Waals surface area contributed by atoms with Gasteiger partial charge in [0.25, 0.3) is 5.91 Å². The van der Waals surface area contributed by atoms with Gasteiger partial charge in [0.1, 0.15) is 0 Å². The molecule has 140 valence electrons. The zero-order valence-corrected chi connectivity index (χ0v) is 14.4. The van der Waals surface area contributed by atoms with Crippen molar-refractivity contribution in [1.29, 1.82) is 0 Å². The summed E-state index contributed by atoms with van der Waals surface area (Å²) in [5.74, 6) is -1.05. The Morgan fingerprint density at radius 3 is 2.38 bits per heavy atom. The standard InChI is InChI=1S/C18H19F3N2O3/c1-3-8-23-11(2)9-15(24)16(25)14(23)10-22-17(26)12-4-6-13(7-5-12)18(19,20)21/h4-7,9,25H,3,8,10H2,1-2H3,(H,22,26). The number of nitrogens with one attached hydrogen (secondary N) is 1. The number of carbonyl (C=O) groups is 1. The van der Waals surface area contributed by atoms with Crippen LogP contribution in [0.4, 0.5) is 13.2 Å². The third-order valence-corrected chi connectivity index (χ3v) is 3.94. The van der Waals surface area contributed by atoms with Crippen molar-refractivity contribution in [3.63, 3.8) is 0 Å². The van der Waals surface area contributed by atoms with Crippen LogP contribution >= 0.6 is 0 Å². The maximum absolute atomic E-state index is 12.6. The molecule has 2 N–H and O–H groups in total. The second-order valence-electron chi connectivity index (χ2n) is 5.85. The molecule has 0 aliphatic carbocycles. The molecule has 0 aliphatic rings. The molecule has 0 atom stereocenters. The quantitative estimate of drug-likeness (QED) is 0.851. The van der Waals surface area contributed by atoms with Crippen molar-refractivity contribution in [3.05, 3.63) is 63.1 Å². The SMILES string of the molecule is CCCn1c(C)cc(=O)c(O)c1CNC(=O)c1ccc(C(F)(F)F)cc1. The Bertz CT molecular complexity index is 856. The Labute approximate surface area is 148 Å². The lowest BCUT2D eigenvalue weighted by Gasteiger charge is -2.18. The molecule has 26 heavy (non-hydrogen) atoms. The molecule has 1 aromatic heterocycles. The summed E-state index contributed by atoms with van der Waals surface area (Å²) in [4.78, 5) is 23.9. The van der Waals surface area contributed by atoms with Crippen molar-refractivity contribution in [1.82, 2.24) is 9.88 Å². The van der Waals surface area contributed by atoms with Crippen LogP contribution in [0.2, 0.25) is 0 Å². The third-order valence-electron chi connectivity index (χ3n) is 3.94. The van der Waals surface area contributed by atoms with Crippen molar-refractivity contribution in [3.8, 4) is 5.75 Å². The number of hydrogen-bond acceptors (Lipinski definition) is 3. The first-order valence-corrected chi connectivity index (χ1v) is 8.03. The number of hydrogen-bond donors (Lipinski definition) is 2. The molecule has 0 aliphatic heterocycles. The van der Waals surface area contributed by atoms with E-state index in [4.69, 9.17) is 0 Å². The topological polar surface area (TPSA) is 71.3 Å². The predicted octanol–water partition coefficient (Wildman–Crippen LogP) is 3.22. The number of pyridine rings is 1. The Morgan fingerprint density at radius 1 is 1.23 bits per heavy atom. The summed E-state index contributed by atoms with van der Waals surface area (Å²) in [5.41, 5.74) is -0.434. The van der Waals surface area contributed by atoms with Crippen molar-refractivity contribution < 1.29 is 23.1 Å². The molecular weight excluding hydrogens is 349 g/mol. The predicted molar refractivity (Wildman–Crippen MR) is 90.0 cm³/mol. The van der Waals surface area contributed by atoms with E-state index in [-0.39, 0.29) is 17.8 Å². The Hall–Kier alpha value is -2.77. The second kappa shape index (κ2) is 7.63. The molecule has 1 heterocycles. The first kappa shape index (κ1) is 19.6. The van der Waals surface area contributed by atoms with E-state index in [2.05, 4.69) is 5.32 Å². The molecular formula is C18H19F3N2O3. The van der Waals surface area contributed by atoms with Gasteiger partial charge in [0, 0.05) is 23.9 Å². The van der Waals surface area contributed by atoms with Gasteiger partial charge in [-0.05, 0) is 37.6 Å². The molecule has 2 aromatic rings. The van der Waals surface area contributed by atoms with E-state index in [0.29, 0.717) is 12.2 Å². The highest BCUT2D eigenvalue weighted by Gasteiger charge is 2.30. The van der Waals surface area contributed by atoms with E-state index in [0.717, 1.165) is 30.7 Å². The first-order valence-electron chi connectivity index (χ1n) is 8.03. The van der Waals surface area contributed by atoms with Crippen LogP contribution < -0.4 is 10.7 Å². The fourth-order valence-corrected chi connectivity index (χ4v) is 2.61. The molecule has 0 saturated carbocycles. The maximum atomic E-state index is 12.6. The number of aryl methyl sites for hydroxylation is 1. The van der Waals surface area contributed by atoms with Crippen LogP contribution in [0, 0.1) is 6.92 Å². The van der Waals surface area contributed by atoms with Gasteiger partial charge in [0.05, 0.1) is 17.8 Å². The smallest absolute Gasteiger partial charge is 0.416 e. The highest BCUT2D eigenvalue weighted by molar-refractivity contribution is 5.94. The number of halogens is 3. The van der Waals surface area contributed by atoms with Crippen molar-refractivity contribution in [2.24, 2.45) is 0 Å². The minimum atomic E-state index is -4.47. The van der Waals surface area contributed by atoms with E-state index in [1.54, 1.807) is 11.5 Å². The van der Waals surface area contributed by atoms with Crippen LogP contribution in [-0.4, -0.2) is 15.6 Å². The van der Waals surface area contributed by atoms with Gasteiger partial charge < -0.3 is 15.0 Å². The van der Waals surface area contributed by atoms with E-state index < -0.39 is 28.8 Å². The average molecular weight is 368 g/mol. The Morgan fingerprint density at radius 2 is 1.85 bits per heavy atom. The van der Waals surface area contributed by atoms with Gasteiger partial charge in [0.2, 0.25) is 5.43 Å². The number of alkyl halides is 3. The molecule has 0 unspecified atom stereocenters. The van der Waals surface area contributed by atoms with Crippen molar-refractivity contribution in [2.75, 3.05) is 0 Å². The summed E-state index contributed by atoms with van der Waals surface area (Å²) in [5, 5.41) is 12.6. The molecule has 0 radical (unpaired) electrons. The molecule has 1 aromatic carbocycles. The van der Waals surface area contributed by atoms with Gasteiger partial charge in [-0.2, -0.15) is 13.2 Å². The molecule has 0 fully saturated rings. The first-order chi connectivity index (χ1) is 12.1. The average Bonchev–Trinajstić information content (AvgIpc) is 2.58. The number of benzene rings is 1. The van der Waals surface area contributed by atoms with E-state index in [1.807, 2.05) is 6.92 Å². The molecule has 8 heteroatoms. The lowest BCUT2D eigenvalue weighted by Crippen LogP contribution is -2.27. The van der Waals surface area contributed by atoms with Crippen LogP contribution in [0.25, 0.3) is 0 Å². The molecule has 0 spiro atoms. The number of aromatic nitrogens is 1. The number of rotatable bonds is 5. The number of nitrogens with zero attached hydrogens (tertiary/aromatic N) is 1. The van der Waals surface area contributed by atoms with E-state index in [1.165, 1.54) is 6.07 Å². The largest absolute Gasteiger partial charge is 0.503 e. The zero-order valence-electron chi connectivity index (χ0n) is 14.4. The summed E-state index contributed by atoms with van der Waals surface area (Å²) in [6.07, 6.45) is -3.72. The minimum absolute atomic E-state index is 0.0505. The molecule has 2 rings (SSSR count). The van der Waals surface area contributed by atoms with Gasteiger partial charge in [-0.25, -0.2) is 0 Å². The van der Waals surface area contributed by atoms with E-state index >= 15 is 0 Å². The van der Waals surface area contributed by atoms with Crippen LogP contribution in [-0.2, 0) is 19.3 Å². The highest BCUT2D eigenvalue weighted by Crippen LogP contribution is 2.29. The number of aromatic hydroxyl groups is 1. The van der Waals surface area contributed by atoms with Crippen LogP contribution in [0.5, 0.6) is 5.75 Å². The van der Waals surface area contributed by atoms with Gasteiger partial charge in [-0.3, -0.25) is 9.59 Å². The lowest BCUT2D eigenvalue weighted by molar-refractivity contribution is -0.137. The summed E-state index contributed by atoms with van der Waals surface area (Å²) in [6, 6.07) is 5.12. The van der Waals surface area contributed by atoms with E-state index in [9.17, 15) is 27.9 Å². The van der Waals surface area contributed by atoms with Crippen LogP contribution in [0.1, 0.15) is 40.7 Å². The molecule has 5 nitrogen and oxygen atoms in total. The van der Waals surface area contributed by atoms with Crippen LogP contribution in [0.15, 0.2) is 35.1 Å². The summed E-state index contributed by atoms with van der Waals surface area (Å²) in [6.45, 7) is 4.07. The van der Waals surface area contributed by atoms with Gasteiger partial charge in [-0.15, -0.1) is 0 Å². The third kappa shape index (κ3) is 4.25. The summed E-state index contributed by atoms with van der Waals surface area (Å²) < 4.78 is 39.4. The lowest BCUT2D eigenvalue weighted by atomic mass is 10.1. The summed E-state index contributed by atoms with van der Waals surface area (Å²) in [7, 11) is 0. The highest BCUT2D eigenvalue weighted by atomic mass is 19.4. The van der Waals surface area contributed by atoms with Crippen LogP contribution in [0.3, 0.4) is 0 Å². The second-order valence-corrected chi connectivity index (χ2v) is 5.85. The molecule has 1 amide bonds. The normalized spacial score (nSPS) is 11.4. The molecule has 0 bridgehead atoms. The fourth-order valence-electron chi connectivity index (χ4n) is 2.61. The Balaban J connectivity index is 2.21. The fraction of sp³-hybridized carbons (Fsp3) is 0.333. The van der Waals surface area contributed by atoms with Crippen molar-refractivity contribution >= 4 is 5.91 Å². The van der Waals surface area contributed by atoms with Gasteiger partial charge >= 0.3 is 6.18 Å².